The maximum Gasteiger partial charge on any atom is 0.243 e. The van der Waals surface area contributed by atoms with Crippen LogP contribution in [0.4, 0.5) is 5.69 Å². The van der Waals surface area contributed by atoms with Gasteiger partial charge in [0.2, 0.25) is 5.91 Å². The third-order valence-corrected chi connectivity index (χ3v) is 3.95. The van der Waals surface area contributed by atoms with Gasteiger partial charge in [0.15, 0.2) is 0 Å². The Kier molecular flexibility index (Phi) is 4.56. The molecular weight excluding hydrogens is 240 g/mol. The van der Waals surface area contributed by atoms with E-state index in [2.05, 4.69) is 4.90 Å². The molecule has 104 valence electrons. The average Bonchev–Trinajstić information content (AvgIpc) is 2.94. The Balaban J connectivity index is 1.99. The predicted molar refractivity (Wildman–Crippen MR) is 76.1 cm³/mol. The lowest BCUT2D eigenvalue weighted by molar-refractivity contribution is -0.122. The molecular formula is C15H22N2O2. The van der Waals surface area contributed by atoms with Crippen LogP contribution in [-0.2, 0) is 4.79 Å². The average molecular weight is 262 g/mol. The van der Waals surface area contributed by atoms with Crippen LogP contribution in [0.1, 0.15) is 13.3 Å². The summed E-state index contributed by atoms with van der Waals surface area (Å²) in [6.45, 7) is 3.86. The third kappa shape index (κ3) is 3.14. The van der Waals surface area contributed by atoms with Gasteiger partial charge in [0, 0.05) is 25.9 Å². The first-order valence-corrected chi connectivity index (χ1v) is 6.81. The quantitative estimate of drug-likeness (QED) is 0.891. The van der Waals surface area contributed by atoms with E-state index in [1.165, 1.54) is 0 Å². The number of aliphatic hydroxyl groups excluding tert-OH is 1. The topological polar surface area (TPSA) is 43.8 Å². The van der Waals surface area contributed by atoms with Gasteiger partial charge < -0.3 is 10.0 Å². The normalized spacial score (nSPS) is 21.3. The molecule has 1 aromatic rings. The number of nitrogens with zero attached hydrogens (tertiary/aromatic N) is 2. The molecule has 1 fully saturated rings. The van der Waals surface area contributed by atoms with Crippen molar-refractivity contribution in [2.75, 3.05) is 31.6 Å². The molecule has 1 aromatic carbocycles. The Morgan fingerprint density at radius 2 is 2.16 bits per heavy atom. The Morgan fingerprint density at radius 1 is 1.47 bits per heavy atom. The summed E-state index contributed by atoms with van der Waals surface area (Å²) in [6, 6.07) is 9.54. The molecule has 19 heavy (non-hydrogen) atoms. The lowest BCUT2D eigenvalue weighted by Gasteiger charge is -2.28. The number of hydrogen-bond acceptors (Lipinski definition) is 3. The lowest BCUT2D eigenvalue weighted by atomic mass is 10.1. The highest BCUT2D eigenvalue weighted by molar-refractivity contribution is 5.96. The highest BCUT2D eigenvalue weighted by Gasteiger charge is 2.30. The SMILES string of the molecule is CC(C(=O)N(C)c1ccccc1)N1CCC(CO)C1. The Morgan fingerprint density at radius 3 is 2.74 bits per heavy atom. The van der Waals surface area contributed by atoms with Crippen molar-refractivity contribution in [1.29, 1.82) is 0 Å². The van der Waals surface area contributed by atoms with Crippen molar-refractivity contribution in [3.63, 3.8) is 0 Å². The summed E-state index contributed by atoms with van der Waals surface area (Å²) in [5.41, 5.74) is 0.914. The van der Waals surface area contributed by atoms with E-state index in [-0.39, 0.29) is 18.6 Å². The van der Waals surface area contributed by atoms with Crippen molar-refractivity contribution in [3.8, 4) is 0 Å². The summed E-state index contributed by atoms with van der Waals surface area (Å²) in [7, 11) is 1.81. The fourth-order valence-electron chi connectivity index (χ4n) is 2.58. The van der Waals surface area contributed by atoms with Gasteiger partial charge in [-0.3, -0.25) is 9.69 Å². The largest absolute Gasteiger partial charge is 0.396 e. The van der Waals surface area contributed by atoms with Crippen LogP contribution in [0, 0.1) is 5.92 Å². The molecule has 0 bridgehead atoms. The zero-order valence-corrected chi connectivity index (χ0v) is 11.6. The molecule has 2 rings (SSSR count). The first-order chi connectivity index (χ1) is 9.13. The maximum absolute atomic E-state index is 12.4. The fourth-order valence-corrected chi connectivity index (χ4v) is 2.58. The predicted octanol–water partition coefficient (Wildman–Crippen LogP) is 1.35. The molecule has 4 heteroatoms. The number of carbonyl (C=O) groups is 1. The molecule has 2 atom stereocenters. The molecule has 0 spiro atoms. The number of aliphatic hydroxyl groups is 1. The molecule has 0 saturated carbocycles. The van der Waals surface area contributed by atoms with Crippen molar-refractivity contribution >= 4 is 11.6 Å². The van der Waals surface area contributed by atoms with E-state index in [0.29, 0.717) is 5.92 Å². The van der Waals surface area contributed by atoms with E-state index in [0.717, 1.165) is 25.2 Å². The summed E-state index contributed by atoms with van der Waals surface area (Å²) in [4.78, 5) is 16.3. The number of benzene rings is 1. The van der Waals surface area contributed by atoms with Crippen molar-refractivity contribution in [2.24, 2.45) is 5.92 Å². The standard InChI is InChI=1S/C15H22N2O2/c1-12(17-9-8-13(10-17)11-18)15(19)16(2)14-6-4-3-5-7-14/h3-7,12-13,18H,8-11H2,1-2H3. The summed E-state index contributed by atoms with van der Waals surface area (Å²) in [5.74, 6) is 0.419. The molecule has 1 saturated heterocycles. The summed E-state index contributed by atoms with van der Waals surface area (Å²) in [6.07, 6.45) is 0.975. The second-order valence-corrected chi connectivity index (χ2v) is 5.24. The Labute approximate surface area is 114 Å². The zero-order chi connectivity index (χ0) is 13.8. The highest BCUT2D eigenvalue weighted by Crippen LogP contribution is 2.20. The molecule has 2 unspecified atom stereocenters. The van der Waals surface area contributed by atoms with E-state index in [9.17, 15) is 4.79 Å². The second-order valence-electron chi connectivity index (χ2n) is 5.24. The van der Waals surface area contributed by atoms with Crippen LogP contribution < -0.4 is 4.90 Å². The van der Waals surface area contributed by atoms with Crippen molar-refractivity contribution in [2.45, 2.75) is 19.4 Å². The molecule has 1 N–H and O–H groups in total. The van der Waals surface area contributed by atoms with Crippen LogP contribution in [0.2, 0.25) is 0 Å². The number of rotatable bonds is 4. The van der Waals surface area contributed by atoms with Crippen molar-refractivity contribution < 1.29 is 9.90 Å². The van der Waals surface area contributed by atoms with Crippen LogP contribution in [0.5, 0.6) is 0 Å². The first kappa shape index (κ1) is 14.0. The van der Waals surface area contributed by atoms with Crippen LogP contribution in [-0.4, -0.2) is 48.7 Å². The lowest BCUT2D eigenvalue weighted by Crippen LogP contribution is -2.45. The van der Waals surface area contributed by atoms with Crippen LogP contribution in [0.25, 0.3) is 0 Å². The number of carbonyl (C=O) groups excluding carboxylic acids is 1. The number of hydrogen-bond donors (Lipinski definition) is 1. The van der Waals surface area contributed by atoms with E-state index >= 15 is 0 Å². The van der Waals surface area contributed by atoms with Gasteiger partial charge in [-0.05, 0) is 37.9 Å². The molecule has 0 aromatic heterocycles. The number of anilines is 1. The van der Waals surface area contributed by atoms with Crippen LogP contribution in [0.15, 0.2) is 30.3 Å². The minimum Gasteiger partial charge on any atom is -0.396 e. The third-order valence-electron chi connectivity index (χ3n) is 3.95. The van der Waals surface area contributed by atoms with Gasteiger partial charge in [-0.25, -0.2) is 0 Å². The fraction of sp³-hybridized carbons (Fsp3) is 0.533. The van der Waals surface area contributed by atoms with E-state index in [4.69, 9.17) is 5.11 Å². The Bertz CT molecular complexity index is 421. The van der Waals surface area contributed by atoms with Gasteiger partial charge in [-0.15, -0.1) is 0 Å². The van der Waals surface area contributed by atoms with Crippen molar-refractivity contribution in [1.82, 2.24) is 4.90 Å². The zero-order valence-electron chi connectivity index (χ0n) is 11.6. The van der Waals surface area contributed by atoms with Crippen LogP contribution >= 0.6 is 0 Å². The number of para-hydroxylation sites is 1. The number of amides is 1. The minimum absolute atomic E-state index is 0.102. The minimum atomic E-state index is -0.137. The maximum atomic E-state index is 12.4. The molecule has 0 aliphatic carbocycles. The molecule has 0 radical (unpaired) electrons. The van der Waals surface area contributed by atoms with E-state index in [1.807, 2.05) is 44.3 Å². The van der Waals surface area contributed by atoms with Gasteiger partial charge >= 0.3 is 0 Å². The summed E-state index contributed by atoms with van der Waals surface area (Å²) < 4.78 is 0. The molecule has 1 amide bonds. The van der Waals surface area contributed by atoms with Gasteiger partial charge in [-0.1, -0.05) is 18.2 Å². The molecule has 1 aliphatic rings. The smallest absolute Gasteiger partial charge is 0.243 e. The monoisotopic (exact) mass is 262 g/mol. The summed E-state index contributed by atoms with van der Waals surface area (Å²) in [5, 5.41) is 9.17. The first-order valence-electron chi connectivity index (χ1n) is 6.81. The molecule has 1 heterocycles. The molecule has 4 nitrogen and oxygen atoms in total. The second kappa shape index (κ2) is 6.17. The van der Waals surface area contributed by atoms with Gasteiger partial charge in [0.25, 0.3) is 0 Å². The van der Waals surface area contributed by atoms with Gasteiger partial charge in [0.1, 0.15) is 0 Å². The number of likely N-dealkylation sites (tertiary alicyclic amines) is 1. The van der Waals surface area contributed by atoms with Gasteiger partial charge in [0.05, 0.1) is 6.04 Å². The number of likely N-dealkylation sites (N-methyl/N-ethyl adjacent to an activating group) is 1. The summed E-state index contributed by atoms with van der Waals surface area (Å²) >= 11 is 0. The van der Waals surface area contributed by atoms with E-state index in [1.54, 1.807) is 4.90 Å². The van der Waals surface area contributed by atoms with E-state index < -0.39 is 0 Å². The van der Waals surface area contributed by atoms with Crippen LogP contribution in [0.3, 0.4) is 0 Å². The Hall–Kier alpha value is -1.39. The van der Waals surface area contributed by atoms with Gasteiger partial charge in [-0.2, -0.15) is 0 Å². The molecule has 1 aliphatic heterocycles. The highest BCUT2D eigenvalue weighted by atomic mass is 16.3. The van der Waals surface area contributed by atoms with Crippen molar-refractivity contribution in [3.05, 3.63) is 30.3 Å².